The van der Waals surface area contributed by atoms with Crippen molar-refractivity contribution >= 4 is 0 Å². The van der Waals surface area contributed by atoms with Gasteiger partial charge in [0.05, 0.1) is 6.20 Å². The van der Waals surface area contributed by atoms with Crippen molar-refractivity contribution in [3.63, 3.8) is 0 Å². The first-order chi connectivity index (χ1) is 8.60. The van der Waals surface area contributed by atoms with Crippen molar-refractivity contribution in [1.82, 2.24) is 9.47 Å². The van der Waals surface area contributed by atoms with Gasteiger partial charge in [0.1, 0.15) is 0 Å². The van der Waals surface area contributed by atoms with Gasteiger partial charge in [0.25, 0.3) is 0 Å². The Morgan fingerprint density at radius 1 is 1.50 bits per heavy atom. The van der Waals surface area contributed by atoms with E-state index in [1.54, 1.807) is 12.3 Å². The number of likely N-dealkylation sites (tertiary alicyclic amines) is 1. The molecule has 4 nitrogen and oxygen atoms in total. The fourth-order valence-electron chi connectivity index (χ4n) is 2.69. The molecule has 1 aliphatic rings. The Labute approximate surface area is 108 Å². The Morgan fingerprint density at radius 2 is 2.28 bits per heavy atom. The topological polar surface area (TPSA) is 45.5 Å². The molecular formula is C14H22N2O2. The number of hydrogen-bond donors (Lipinski definition) is 1. The monoisotopic (exact) mass is 250 g/mol. The minimum Gasteiger partial charge on any atom is -0.503 e. The molecule has 1 atom stereocenters. The van der Waals surface area contributed by atoms with Gasteiger partial charge in [-0.3, -0.25) is 9.69 Å². The molecule has 0 amide bonds. The minimum atomic E-state index is -0.278. The highest BCUT2D eigenvalue weighted by Crippen LogP contribution is 2.18. The molecule has 1 saturated heterocycles. The van der Waals surface area contributed by atoms with E-state index in [-0.39, 0.29) is 11.2 Å². The first-order valence-corrected chi connectivity index (χ1v) is 6.74. The van der Waals surface area contributed by atoms with Crippen LogP contribution in [0.3, 0.4) is 0 Å². The van der Waals surface area contributed by atoms with Crippen LogP contribution in [0.1, 0.15) is 32.4 Å². The molecule has 0 spiro atoms. The second-order valence-electron chi connectivity index (χ2n) is 5.28. The minimum absolute atomic E-state index is 0.160. The Hall–Kier alpha value is -1.29. The van der Waals surface area contributed by atoms with E-state index in [0.29, 0.717) is 0 Å². The number of aromatic nitrogens is 1. The molecule has 2 rings (SSSR count). The Morgan fingerprint density at radius 3 is 2.94 bits per heavy atom. The van der Waals surface area contributed by atoms with Crippen LogP contribution in [0.2, 0.25) is 0 Å². The second-order valence-corrected chi connectivity index (χ2v) is 5.28. The van der Waals surface area contributed by atoms with Crippen molar-refractivity contribution in [1.29, 1.82) is 0 Å². The lowest BCUT2D eigenvalue weighted by Crippen LogP contribution is -2.35. The fourth-order valence-corrected chi connectivity index (χ4v) is 2.69. The van der Waals surface area contributed by atoms with Gasteiger partial charge in [-0.25, -0.2) is 0 Å². The number of aromatic hydroxyl groups is 1. The van der Waals surface area contributed by atoms with E-state index >= 15 is 0 Å². The van der Waals surface area contributed by atoms with Crippen molar-refractivity contribution in [2.24, 2.45) is 5.92 Å². The molecule has 1 aromatic heterocycles. The largest absolute Gasteiger partial charge is 0.503 e. The summed E-state index contributed by atoms with van der Waals surface area (Å²) < 4.78 is 1.95. The van der Waals surface area contributed by atoms with Crippen molar-refractivity contribution in [3.05, 3.63) is 28.2 Å². The van der Waals surface area contributed by atoms with E-state index in [1.807, 2.05) is 11.5 Å². The van der Waals surface area contributed by atoms with E-state index in [2.05, 4.69) is 11.8 Å². The molecule has 0 saturated carbocycles. The smallest absolute Gasteiger partial charge is 0.223 e. The van der Waals surface area contributed by atoms with E-state index in [0.717, 1.165) is 37.8 Å². The van der Waals surface area contributed by atoms with Crippen LogP contribution in [-0.2, 0) is 13.1 Å². The lowest BCUT2D eigenvalue weighted by Gasteiger charge is -2.31. The van der Waals surface area contributed by atoms with Crippen LogP contribution in [-0.4, -0.2) is 27.7 Å². The molecule has 4 heteroatoms. The van der Waals surface area contributed by atoms with Gasteiger partial charge in [-0.2, -0.15) is 0 Å². The number of aryl methyl sites for hydroxylation is 1. The third-order valence-corrected chi connectivity index (χ3v) is 3.66. The Balaban J connectivity index is 2.17. The zero-order chi connectivity index (χ0) is 13.1. The van der Waals surface area contributed by atoms with E-state index < -0.39 is 0 Å². The van der Waals surface area contributed by atoms with Gasteiger partial charge >= 0.3 is 0 Å². The predicted octanol–water partition coefficient (Wildman–Crippen LogP) is 1.81. The van der Waals surface area contributed by atoms with Gasteiger partial charge in [-0.1, -0.05) is 6.92 Å². The first-order valence-electron chi connectivity index (χ1n) is 6.74. The zero-order valence-electron chi connectivity index (χ0n) is 11.2. The van der Waals surface area contributed by atoms with Gasteiger partial charge in [0.2, 0.25) is 5.43 Å². The van der Waals surface area contributed by atoms with E-state index in [1.165, 1.54) is 12.8 Å². The highest BCUT2D eigenvalue weighted by Gasteiger charge is 2.17. The number of hydrogen-bond acceptors (Lipinski definition) is 3. The molecule has 1 fully saturated rings. The molecule has 100 valence electrons. The van der Waals surface area contributed by atoms with Crippen LogP contribution in [0, 0.1) is 5.92 Å². The highest BCUT2D eigenvalue weighted by molar-refractivity contribution is 5.20. The zero-order valence-corrected chi connectivity index (χ0v) is 11.2. The van der Waals surface area contributed by atoms with E-state index in [9.17, 15) is 9.90 Å². The molecule has 1 unspecified atom stereocenters. The van der Waals surface area contributed by atoms with Gasteiger partial charge in [0.15, 0.2) is 5.75 Å². The lowest BCUT2D eigenvalue weighted by atomic mass is 10.0. The summed E-state index contributed by atoms with van der Waals surface area (Å²) >= 11 is 0. The SMILES string of the molecule is CCn1cc(O)c(=O)cc1CN1CCCC(C)C1. The average Bonchev–Trinajstić information content (AvgIpc) is 2.33. The normalized spacial score (nSPS) is 21.1. The van der Waals surface area contributed by atoms with Gasteiger partial charge in [-0.15, -0.1) is 0 Å². The molecule has 2 heterocycles. The van der Waals surface area contributed by atoms with E-state index in [4.69, 9.17) is 0 Å². The summed E-state index contributed by atoms with van der Waals surface area (Å²) in [6.07, 6.45) is 4.08. The van der Waals surface area contributed by atoms with Crippen LogP contribution >= 0.6 is 0 Å². The van der Waals surface area contributed by atoms with Crippen molar-refractivity contribution in [2.45, 2.75) is 39.8 Å². The maximum absolute atomic E-state index is 11.5. The quantitative estimate of drug-likeness (QED) is 0.890. The molecule has 0 bridgehead atoms. The fraction of sp³-hybridized carbons (Fsp3) is 0.643. The molecule has 0 aliphatic carbocycles. The summed E-state index contributed by atoms with van der Waals surface area (Å²) in [6.45, 7) is 8.06. The summed E-state index contributed by atoms with van der Waals surface area (Å²) in [7, 11) is 0. The third-order valence-electron chi connectivity index (χ3n) is 3.66. The number of rotatable bonds is 3. The number of piperidine rings is 1. The standard InChI is InChI=1S/C14H22N2O2/c1-3-16-10-14(18)13(17)7-12(16)9-15-6-4-5-11(2)8-15/h7,10-11,18H,3-6,8-9H2,1-2H3. The lowest BCUT2D eigenvalue weighted by molar-refractivity contribution is 0.172. The van der Waals surface area contributed by atoms with Crippen LogP contribution in [0.25, 0.3) is 0 Å². The molecule has 1 N–H and O–H groups in total. The molecular weight excluding hydrogens is 228 g/mol. The maximum Gasteiger partial charge on any atom is 0.223 e. The van der Waals surface area contributed by atoms with Crippen LogP contribution in [0.4, 0.5) is 0 Å². The third kappa shape index (κ3) is 2.93. The van der Waals surface area contributed by atoms with Crippen LogP contribution in [0.15, 0.2) is 17.1 Å². The molecule has 1 aromatic rings. The molecule has 18 heavy (non-hydrogen) atoms. The van der Waals surface area contributed by atoms with Gasteiger partial charge in [-0.05, 0) is 32.2 Å². The van der Waals surface area contributed by atoms with Crippen molar-refractivity contribution in [3.8, 4) is 5.75 Å². The summed E-state index contributed by atoms with van der Waals surface area (Å²) in [5.41, 5.74) is 0.717. The van der Waals surface area contributed by atoms with Crippen LogP contribution in [0.5, 0.6) is 5.75 Å². The summed E-state index contributed by atoms with van der Waals surface area (Å²) in [4.78, 5) is 13.9. The van der Waals surface area contributed by atoms with Crippen molar-refractivity contribution < 1.29 is 5.11 Å². The van der Waals surface area contributed by atoms with Crippen LogP contribution < -0.4 is 5.43 Å². The first kappa shape index (κ1) is 13.1. The van der Waals surface area contributed by atoms with Crippen molar-refractivity contribution in [2.75, 3.05) is 13.1 Å². The average molecular weight is 250 g/mol. The van der Waals surface area contributed by atoms with Gasteiger partial charge < -0.3 is 9.67 Å². The number of pyridine rings is 1. The number of nitrogens with zero attached hydrogens (tertiary/aromatic N) is 2. The highest BCUT2D eigenvalue weighted by atomic mass is 16.3. The second kappa shape index (κ2) is 5.57. The summed E-state index contributed by atoms with van der Waals surface area (Å²) in [6, 6.07) is 1.57. The predicted molar refractivity (Wildman–Crippen MR) is 71.7 cm³/mol. The summed E-state index contributed by atoms with van der Waals surface area (Å²) in [5, 5.41) is 9.46. The maximum atomic E-state index is 11.5. The Bertz CT molecular complexity index is 467. The Kier molecular flexibility index (Phi) is 4.07. The van der Waals surface area contributed by atoms with Gasteiger partial charge in [0, 0.05) is 31.4 Å². The summed E-state index contributed by atoms with van der Waals surface area (Å²) in [5.74, 6) is 0.574. The molecule has 0 aromatic carbocycles. The molecule has 0 radical (unpaired) electrons. The molecule has 1 aliphatic heterocycles.